The van der Waals surface area contributed by atoms with Gasteiger partial charge in [-0.05, 0) is 51.6 Å². The minimum Gasteiger partial charge on any atom is -0.378 e. The van der Waals surface area contributed by atoms with E-state index in [9.17, 15) is 0 Å². The van der Waals surface area contributed by atoms with Crippen LogP contribution < -0.4 is 5.32 Å². The highest BCUT2D eigenvalue weighted by Crippen LogP contribution is 2.16. The zero-order valence-corrected chi connectivity index (χ0v) is 11.6. The molecule has 100 valence electrons. The second-order valence-electron chi connectivity index (χ2n) is 5.90. The van der Waals surface area contributed by atoms with Gasteiger partial charge in [0.05, 0.1) is 6.10 Å². The SMILES string of the molecule is CC(C)(Cc1ccccc1)NCCC1CCCO1. The molecule has 2 rings (SSSR count). The molecule has 1 fully saturated rings. The molecule has 1 aromatic rings. The van der Waals surface area contributed by atoms with E-state index in [-0.39, 0.29) is 5.54 Å². The average molecular weight is 247 g/mol. The van der Waals surface area contributed by atoms with Gasteiger partial charge in [-0.1, -0.05) is 30.3 Å². The van der Waals surface area contributed by atoms with Crippen molar-refractivity contribution in [3.05, 3.63) is 35.9 Å². The summed E-state index contributed by atoms with van der Waals surface area (Å²) >= 11 is 0. The Kier molecular flexibility index (Phi) is 4.79. The molecule has 1 aromatic carbocycles. The highest BCUT2D eigenvalue weighted by atomic mass is 16.5. The number of hydrogen-bond acceptors (Lipinski definition) is 2. The predicted molar refractivity (Wildman–Crippen MR) is 75.8 cm³/mol. The van der Waals surface area contributed by atoms with E-state index in [1.165, 1.54) is 18.4 Å². The molecule has 1 N–H and O–H groups in total. The van der Waals surface area contributed by atoms with Crippen LogP contribution in [0.2, 0.25) is 0 Å². The standard InChI is InChI=1S/C16H25NO/c1-16(2,13-14-7-4-3-5-8-14)17-11-10-15-9-6-12-18-15/h3-5,7-8,15,17H,6,9-13H2,1-2H3. The molecular formula is C16H25NO. The third kappa shape index (κ3) is 4.43. The molecule has 1 aliphatic heterocycles. The molecule has 1 unspecified atom stereocenters. The van der Waals surface area contributed by atoms with E-state index >= 15 is 0 Å². The lowest BCUT2D eigenvalue weighted by molar-refractivity contribution is 0.102. The predicted octanol–water partition coefficient (Wildman–Crippen LogP) is 3.17. The fourth-order valence-electron chi connectivity index (χ4n) is 2.61. The van der Waals surface area contributed by atoms with Crippen molar-refractivity contribution < 1.29 is 4.74 Å². The van der Waals surface area contributed by atoms with Crippen molar-refractivity contribution in [1.82, 2.24) is 5.32 Å². The summed E-state index contributed by atoms with van der Waals surface area (Å²) in [5, 5.41) is 3.65. The summed E-state index contributed by atoms with van der Waals surface area (Å²) < 4.78 is 5.65. The second-order valence-corrected chi connectivity index (χ2v) is 5.90. The summed E-state index contributed by atoms with van der Waals surface area (Å²) in [6, 6.07) is 10.7. The minimum atomic E-state index is 0.153. The molecule has 1 atom stereocenters. The summed E-state index contributed by atoms with van der Waals surface area (Å²) in [7, 11) is 0. The summed E-state index contributed by atoms with van der Waals surface area (Å²) in [6.45, 7) is 6.55. The summed E-state index contributed by atoms with van der Waals surface area (Å²) in [4.78, 5) is 0. The Bertz CT molecular complexity index is 341. The first-order chi connectivity index (χ1) is 8.66. The molecule has 0 bridgehead atoms. The topological polar surface area (TPSA) is 21.3 Å². The van der Waals surface area contributed by atoms with Crippen LogP contribution in [0.3, 0.4) is 0 Å². The Morgan fingerprint density at radius 3 is 2.72 bits per heavy atom. The van der Waals surface area contributed by atoms with Crippen molar-refractivity contribution in [3.63, 3.8) is 0 Å². The monoisotopic (exact) mass is 247 g/mol. The molecule has 2 heteroatoms. The number of benzene rings is 1. The van der Waals surface area contributed by atoms with Crippen LogP contribution in [-0.4, -0.2) is 24.8 Å². The zero-order chi connectivity index (χ0) is 12.8. The van der Waals surface area contributed by atoms with Gasteiger partial charge in [0, 0.05) is 12.1 Å². The van der Waals surface area contributed by atoms with E-state index in [1.54, 1.807) is 0 Å². The van der Waals surface area contributed by atoms with Crippen LogP contribution >= 0.6 is 0 Å². The van der Waals surface area contributed by atoms with Gasteiger partial charge in [-0.15, -0.1) is 0 Å². The molecule has 1 aliphatic rings. The highest BCUT2D eigenvalue weighted by Gasteiger charge is 2.19. The molecule has 0 radical (unpaired) electrons. The van der Waals surface area contributed by atoms with Gasteiger partial charge < -0.3 is 10.1 Å². The number of ether oxygens (including phenoxy) is 1. The van der Waals surface area contributed by atoms with E-state index in [0.717, 1.165) is 26.0 Å². The molecule has 0 aliphatic carbocycles. The molecule has 18 heavy (non-hydrogen) atoms. The Balaban J connectivity index is 1.73. The minimum absolute atomic E-state index is 0.153. The number of rotatable bonds is 6. The molecule has 2 nitrogen and oxygen atoms in total. The second kappa shape index (κ2) is 6.35. The fourth-order valence-corrected chi connectivity index (χ4v) is 2.61. The van der Waals surface area contributed by atoms with Gasteiger partial charge in [-0.2, -0.15) is 0 Å². The molecule has 1 heterocycles. The van der Waals surface area contributed by atoms with Crippen molar-refractivity contribution in [2.24, 2.45) is 0 Å². The molecule has 0 saturated carbocycles. The smallest absolute Gasteiger partial charge is 0.0588 e. The van der Waals surface area contributed by atoms with E-state index in [2.05, 4.69) is 49.5 Å². The first-order valence-corrected chi connectivity index (χ1v) is 7.06. The maximum absolute atomic E-state index is 5.65. The molecular weight excluding hydrogens is 222 g/mol. The van der Waals surface area contributed by atoms with Crippen molar-refractivity contribution in [1.29, 1.82) is 0 Å². The maximum Gasteiger partial charge on any atom is 0.0588 e. The third-order valence-electron chi connectivity index (χ3n) is 3.58. The van der Waals surface area contributed by atoms with Gasteiger partial charge in [-0.3, -0.25) is 0 Å². The zero-order valence-electron chi connectivity index (χ0n) is 11.6. The van der Waals surface area contributed by atoms with Crippen molar-refractivity contribution in [3.8, 4) is 0 Å². The maximum atomic E-state index is 5.65. The first-order valence-electron chi connectivity index (χ1n) is 7.06. The lowest BCUT2D eigenvalue weighted by Crippen LogP contribution is -2.42. The molecule has 1 saturated heterocycles. The van der Waals surface area contributed by atoms with Crippen LogP contribution in [0.15, 0.2) is 30.3 Å². The van der Waals surface area contributed by atoms with Crippen molar-refractivity contribution >= 4 is 0 Å². The Labute approximate surface area is 111 Å². The van der Waals surface area contributed by atoms with Crippen LogP contribution in [0.25, 0.3) is 0 Å². The third-order valence-corrected chi connectivity index (χ3v) is 3.58. The normalized spacial score (nSPS) is 20.2. The average Bonchev–Trinajstić information content (AvgIpc) is 2.82. The molecule has 0 aromatic heterocycles. The van der Waals surface area contributed by atoms with Crippen LogP contribution in [0.5, 0.6) is 0 Å². The van der Waals surface area contributed by atoms with E-state index in [0.29, 0.717) is 6.10 Å². The van der Waals surface area contributed by atoms with Crippen LogP contribution in [0.4, 0.5) is 0 Å². The van der Waals surface area contributed by atoms with Crippen LogP contribution in [-0.2, 0) is 11.2 Å². The van der Waals surface area contributed by atoms with E-state index in [4.69, 9.17) is 4.74 Å². The van der Waals surface area contributed by atoms with Crippen LogP contribution in [0.1, 0.15) is 38.7 Å². The van der Waals surface area contributed by atoms with Crippen LogP contribution in [0, 0.1) is 0 Å². The molecule has 0 spiro atoms. The van der Waals surface area contributed by atoms with Crippen molar-refractivity contribution in [2.45, 2.75) is 51.2 Å². The first kappa shape index (κ1) is 13.6. The lowest BCUT2D eigenvalue weighted by Gasteiger charge is -2.27. The summed E-state index contributed by atoms with van der Waals surface area (Å²) in [6.07, 6.45) is 5.17. The van der Waals surface area contributed by atoms with Gasteiger partial charge in [0.2, 0.25) is 0 Å². The van der Waals surface area contributed by atoms with Gasteiger partial charge in [0.1, 0.15) is 0 Å². The summed E-state index contributed by atoms with van der Waals surface area (Å²) in [5.74, 6) is 0. The molecule has 0 amide bonds. The van der Waals surface area contributed by atoms with E-state index < -0.39 is 0 Å². The van der Waals surface area contributed by atoms with Gasteiger partial charge in [-0.25, -0.2) is 0 Å². The Hall–Kier alpha value is -0.860. The Morgan fingerprint density at radius 2 is 2.06 bits per heavy atom. The van der Waals surface area contributed by atoms with Crippen molar-refractivity contribution in [2.75, 3.05) is 13.2 Å². The number of hydrogen-bond donors (Lipinski definition) is 1. The quantitative estimate of drug-likeness (QED) is 0.833. The highest BCUT2D eigenvalue weighted by molar-refractivity contribution is 5.17. The lowest BCUT2D eigenvalue weighted by atomic mass is 9.94. The van der Waals surface area contributed by atoms with E-state index in [1.807, 2.05) is 0 Å². The van der Waals surface area contributed by atoms with Gasteiger partial charge in [0.25, 0.3) is 0 Å². The fraction of sp³-hybridized carbons (Fsp3) is 0.625. The Morgan fingerprint density at radius 1 is 1.28 bits per heavy atom. The van der Waals surface area contributed by atoms with Gasteiger partial charge >= 0.3 is 0 Å². The largest absolute Gasteiger partial charge is 0.378 e. The summed E-state index contributed by atoms with van der Waals surface area (Å²) in [5.41, 5.74) is 1.55. The van der Waals surface area contributed by atoms with Gasteiger partial charge in [0.15, 0.2) is 0 Å². The number of nitrogens with one attached hydrogen (secondary N) is 1.